The quantitative estimate of drug-likeness (QED) is 0.886. The molecule has 2 heterocycles. The van der Waals surface area contributed by atoms with Crippen LogP contribution in [0, 0.1) is 5.92 Å². The van der Waals surface area contributed by atoms with Crippen molar-refractivity contribution in [3.8, 4) is 0 Å². The molecule has 5 heteroatoms. The third-order valence-electron chi connectivity index (χ3n) is 4.09. The van der Waals surface area contributed by atoms with E-state index in [0.29, 0.717) is 25.4 Å². The number of piperidine rings is 1. The van der Waals surface area contributed by atoms with Gasteiger partial charge in [0.2, 0.25) is 0 Å². The summed E-state index contributed by atoms with van der Waals surface area (Å²) >= 11 is 0. The van der Waals surface area contributed by atoms with Crippen LogP contribution in [0.2, 0.25) is 0 Å². The zero-order valence-electron chi connectivity index (χ0n) is 12.7. The molecular weight excluding hydrogens is 280 g/mol. The summed E-state index contributed by atoms with van der Waals surface area (Å²) in [6, 6.07) is 9.67. The summed E-state index contributed by atoms with van der Waals surface area (Å²) in [6.45, 7) is 3.30. The van der Waals surface area contributed by atoms with Crippen molar-refractivity contribution in [3.63, 3.8) is 0 Å². The smallest absolute Gasteiger partial charge is 0.310 e. The molecule has 1 aromatic heterocycles. The van der Waals surface area contributed by atoms with Crippen LogP contribution in [-0.2, 0) is 9.53 Å². The van der Waals surface area contributed by atoms with E-state index < -0.39 is 0 Å². The molecular formula is C17H20N2O3. The molecule has 116 valence electrons. The minimum atomic E-state index is -0.206. The molecule has 3 rings (SSSR count). The molecule has 2 aromatic rings. The Labute approximate surface area is 129 Å². The van der Waals surface area contributed by atoms with Crippen molar-refractivity contribution in [2.45, 2.75) is 19.8 Å². The molecule has 0 radical (unpaired) electrons. The Morgan fingerprint density at radius 1 is 1.36 bits per heavy atom. The fourth-order valence-corrected chi connectivity index (χ4v) is 2.97. The van der Waals surface area contributed by atoms with Crippen LogP contribution < -0.4 is 0 Å². The number of hydrogen-bond donors (Lipinski definition) is 1. The number of esters is 1. The standard InChI is InChI=1S/C17H20N2O3/c1-2-22-17(21)13-7-5-9-19(11-13)16(20)15-10-12-6-3-4-8-14(12)18-15/h3-4,6,8,10,13,18H,2,5,7,9,11H2,1H3/t13-/m1/s1. The maximum Gasteiger partial charge on any atom is 0.310 e. The Morgan fingerprint density at radius 3 is 2.95 bits per heavy atom. The second-order valence-corrected chi connectivity index (χ2v) is 5.61. The summed E-state index contributed by atoms with van der Waals surface area (Å²) in [5.41, 5.74) is 1.52. The minimum absolute atomic E-state index is 0.0507. The number of amides is 1. The maximum absolute atomic E-state index is 12.6. The maximum atomic E-state index is 12.6. The molecule has 1 fully saturated rings. The summed E-state index contributed by atoms with van der Waals surface area (Å²) in [6.07, 6.45) is 1.62. The number of para-hydroxylation sites is 1. The topological polar surface area (TPSA) is 62.4 Å². The number of likely N-dealkylation sites (tertiary alicyclic amines) is 1. The van der Waals surface area contributed by atoms with Gasteiger partial charge in [0, 0.05) is 24.0 Å². The Balaban J connectivity index is 1.75. The van der Waals surface area contributed by atoms with Crippen LogP contribution in [0.25, 0.3) is 10.9 Å². The van der Waals surface area contributed by atoms with E-state index in [2.05, 4.69) is 4.98 Å². The molecule has 1 amide bonds. The van der Waals surface area contributed by atoms with Gasteiger partial charge >= 0.3 is 5.97 Å². The zero-order chi connectivity index (χ0) is 15.5. The van der Waals surface area contributed by atoms with Crippen molar-refractivity contribution in [1.82, 2.24) is 9.88 Å². The first-order valence-electron chi connectivity index (χ1n) is 7.72. The summed E-state index contributed by atoms with van der Waals surface area (Å²) < 4.78 is 5.08. The molecule has 22 heavy (non-hydrogen) atoms. The van der Waals surface area contributed by atoms with Crippen LogP contribution >= 0.6 is 0 Å². The molecule has 0 spiro atoms. The highest BCUT2D eigenvalue weighted by Crippen LogP contribution is 2.21. The van der Waals surface area contributed by atoms with Crippen molar-refractivity contribution in [2.24, 2.45) is 5.92 Å². The monoisotopic (exact) mass is 300 g/mol. The highest BCUT2D eigenvalue weighted by atomic mass is 16.5. The molecule has 0 saturated carbocycles. The van der Waals surface area contributed by atoms with Gasteiger partial charge in [-0.25, -0.2) is 0 Å². The van der Waals surface area contributed by atoms with Crippen molar-refractivity contribution in [2.75, 3.05) is 19.7 Å². The van der Waals surface area contributed by atoms with E-state index in [9.17, 15) is 9.59 Å². The van der Waals surface area contributed by atoms with E-state index in [1.165, 1.54) is 0 Å². The Kier molecular flexibility index (Phi) is 4.13. The number of nitrogens with one attached hydrogen (secondary N) is 1. The van der Waals surface area contributed by atoms with E-state index in [-0.39, 0.29) is 17.8 Å². The number of ether oxygens (including phenoxy) is 1. The molecule has 1 saturated heterocycles. The number of benzene rings is 1. The molecule has 1 aromatic carbocycles. The summed E-state index contributed by atoms with van der Waals surface area (Å²) in [5, 5.41) is 1.02. The van der Waals surface area contributed by atoms with Gasteiger partial charge in [0.1, 0.15) is 5.69 Å². The fraction of sp³-hybridized carbons (Fsp3) is 0.412. The first-order valence-corrected chi connectivity index (χ1v) is 7.72. The summed E-state index contributed by atoms with van der Waals surface area (Å²) in [7, 11) is 0. The lowest BCUT2D eigenvalue weighted by molar-refractivity contribution is -0.149. The Hall–Kier alpha value is -2.30. The van der Waals surface area contributed by atoms with Gasteiger partial charge in [0.05, 0.1) is 12.5 Å². The van der Waals surface area contributed by atoms with Gasteiger partial charge < -0.3 is 14.6 Å². The molecule has 1 aliphatic rings. The largest absolute Gasteiger partial charge is 0.466 e. The predicted molar refractivity (Wildman–Crippen MR) is 83.6 cm³/mol. The van der Waals surface area contributed by atoms with Gasteiger partial charge in [-0.1, -0.05) is 18.2 Å². The van der Waals surface area contributed by atoms with Crippen LogP contribution in [0.5, 0.6) is 0 Å². The van der Waals surface area contributed by atoms with Crippen molar-refractivity contribution in [3.05, 3.63) is 36.0 Å². The molecule has 5 nitrogen and oxygen atoms in total. The number of carbonyl (C=O) groups excluding carboxylic acids is 2. The third kappa shape index (κ3) is 2.84. The summed E-state index contributed by atoms with van der Waals surface area (Å²) in [4.78, 5) is 29.4. The van der Waals surface area contributed by atoms with Crippen LogP contribution in [0.3, 0.4) is 0 Å². The Morgan fingerprint density at radius 2 is 2.18 bits per heavy atom. The second-order valence-electron chi connectivity index (χ2n) is 5.61. The molecule has 1 aliphatic heterocycles. The lowest BCUT2D eigenvalue weighted by Gasteiger charge is -2.31. The van der Waals surface area contributed by atoms with Crippen LogP contribution in [-0.4, -0.2) is 41.5 Å². The first kappa shape index (κ1) is 14.6. The second kappa shape index (κ2) is 6.22. The van der Waals surface area contributed by atoms with Gasteiger partial charge in [-0.2, -0.15) is 0 Å². The van der Waals surface area contributed by atoms with Gasteiger partial charge in [-0.15, -0.1) is 0 Å². The Bertz CT molecular complexity index is 659. The number of rotatable bonds is 3. The molecule has 1 N–H and O–H groups in total. The highest BCUT2D eigenvalue weighted by molar-refractivity contribution is 5.98. The van der Waals surface area contributed by atoms with Crippen molar-refractivity contribution < 1.29 is 14.3 Å². The van der Waals surface area contributed by atoms with E-state index in [0.717, 1.165) is 23.7 Å². The fourth-order valence-electron chi connectivity index (χ4n) is 2.97. The number of H-pyrrole nitrogens is 1. The average molecular weight is 300 g/mol. The van der Waals surface area contributed by atoms with Gasteiger partial charge in [-0.3, -0.25) is 9.59 Å². The highest BCUT2D eigenvalue weighted by Gasteiger charge is 2.30. The van der Waals surface area contributed by atoms with E-state index >= 15 is 0 Å². The SMILES string of the molecule is CCOC(=O)[C@@H]1CCCN(C(=O)c2cc3ccccc3[nH]2)C1. The van der Waals surface area contributed by atoms with Crippen molar-refractivity contribution >= 4 is 22.8 Å². The minimum Gasteiger partial charge on any atom is -0.466 e. The summed E-state index contributed by atoms with van der Waals surface area (Å²) in [5.74, 6) is -0.455. The van der Waals surface area contributed by atoms with Crippen molar-refractivity contribution in [1.29, 1.82) is 0 Å². The lowest BCUT2D eigenvalue weighted by Crippen LogP contribution is -2.42. The molecule has 0 bridgehead atoms. The van der Waals surface area contributed by atoms with Crippen LogP contribution in [0.15, 0.2) is 30.3 Å². The van der Waals surface area contributed by atoms with E-state index in [1.54, 1.807) is 11.8 Å². The third-order valence-corrected chi connectivity index (χ3v) is 4.09. The lowest BCUT2D eigenvalue weighted by atomic mass is 9.98. The number of hydrogen-bond acceptors (Lipinski definition) is 3. The van der Waals surface area contributed by atoms with Crippen LogP contribution in [0.4, 0.5) is 0 Å². The zero-order valence-corrected chi connectivity index (χ0v) is 12.7. The van der Waals surface area contributed by atoms with Gasteiger partial charge in [-0.05, 0) is 31.9 Å². The molecule has 1 atom stereocenters. The van der Waals surface area contributed by atoms with E-state index in [4.69, 9.17) is 4.74 Å². The van der Waals surface area contributed by atoms with Gasteiger partial charge in [0.25, 0.3) is 5.91 Å². The number of fused-ring (bicyclic) bond motifs is 1. The predicted octanol–water partition coefficient (Wildman–Crippen LogP) is 2.58. The number of nitrogens with zero attached hydrogens (tertiary/aromatic N) is 1. The average Bonchev–Trinajstić information content (AvgIpc) is 2.98. The van der Waals surface area contributed by atoms with Gasteiger partial charge in [0.15, 0.2) is 0 Å². The van der Waals surface area contributed by atoms with Crippen LogP contribution in [0.1, 0.15) is 30.3 Å². The van der Waals surface area contributed by atoms with E-state index in [1.807, 2.05) is 30.3 Å². The normalized spacial score (nSPS) is 18.4. The number of aromatic amines is 1. The molecule has 0 unspecified atom stereocenters. The number of aromatic nitrogens is 1. The first-order chi connectivity index (χ1) is 10.7. The number of carbonyl (C=O) groups is 2. The molecule has 0 aliphatic carbocycles.